The standard InChI is InChI=1S/C8H14BNO2S/c1-5(2)8-6(3)10(9)13(11,12)7(8)4/h6H,4,9H2,1-3H3. The fourth-order valence-electron chi connectivity index (χ4n) is 1.63. The van der Waals surface area contributed by atoms with E-state index < -0.39 is 10.0 Å². The van der Waals surface area contributed by atoms with Crippen molar-refractivity contribution in [3.63, 3.8) is 0 Å². The van der Waals surface area contributed by atoms with E-state index in [4.69, 9.17) is 0 Å². The summed E-state index contributed by atoms with van der Waals surface area (Å²) in [4.78, 5) is 0.252. The average Bonchev–Trinajstić information content (AvgIpc) is 2.14. The molecule has 0 amide bonds. The first-order valence-electron chi connectivity index (χ1n) is 4.15. The first-order valence-corrected chi connectivity index (χ1v) is 5.59. The van der Waals surface area contributed by atoms with Crippen LogP contribution in [0.25, 0.3) is 0 Å². The number of rotatable bonds is 0. The molecule has 0 radical (unpaired) electrons. The third kappa shape index (κ3) is 1.36. The quantitative estimate of drug-likeness (QED) is 0.530. The molecule has 1 unspecified atom stereocenters. The highest BCUT2D eigenvalue weighted by Gasteiger charge is 2.39. The van der Waals surface area contributed by atoms with Crippen molar-refractivity contribution >= 4 is 18.0 Å². The van der Waals surface area contributed by atoms with Crippen LogP contribution in [0.15, 0.2) is 22.6 Å². The van der Waals surface area contributed by atoms with Crippen LogP contribution < -0.4 is 0 Å². The van der Waals surface area contributed by atoms with Gasteiger partial charge in [0.1, 0.15) is 0 Å². The van der Waals surface area contributed by atoms with Gasteiger partial charge in [-0.2, -0.15) is 0 Å². The molecule has 1 heterocycles. The van der Waals surface area contributed by atoms with Crippen molar-refractivity contribution in [2.75, 3.05) is 0 Å². The maximum atomic E-state index is 11.6. The molecule has 5 heteroatoms. The Morgan fingerprint density at radius 2 is 2.00 bits per heavy atom. The second kappa shape index (κ2) is 2.99. The number of nitrogens with zero attached hydrogens (tertiary/aromatic N) is 1. The topological polar surface area (TPSA) is 37.4 Å². The fraction of sp³-hybridized carbons (Fsp3) is 0.500. The Morgan fingerprint density at radius 3 is 2.15 bits per heavy atom. The van der Waals surface area contributed by atoms with E-state index in [1.807, 2.05) is 20.8 Å². The smallest absolute Gasteiger partial charge is 0.232 e. The number of hydrogen-bond acceptors (Lipinski definition) is 2. The lowest BCUT2D eigenvalue weighted by Gasteiger charge is -2.13. The van der Waals surface area contributed by atoms with Gasteiger partial charge in [0.2, 0.25) is 18.0 Å². The predicted octanol–water partition coefficient (Wildman–Crippen LogP) is 0.418. The van der Waals surface area contributed by atoms with Gasteiger partial charge >= 0.3 is 0 Å². The van der Waals surface area contributed by atoms with E-state index in [0.717, 1.165) is 11.1 Å². The molecule has 1 aliphatic rings. The zero-order valence-corrected chi connectivity index (χ0v) is 9.27. The van der Waals surface area contributed by atoms with Gasteiger partial charge in [-0.05, 0) is 26.3 Å². The maximum absolute atomic E-state index is 11.6. The molecule has 1 aliphatic heterocycles. The normalized spacial score (nSPS) is 28.1. The van der Waals surface area contributed by atoms with Gasteiger partial charge in [-0.1, -0.05) is 12.2 Å². The Hall–Kier alpha value is -0.545. The molecular weight excluding hydrogens is 185 g/mol. The molecule has 0 aromatic rings. The summed E-state index contributed by atoms with van der Waals surface area (Å²) in [5.41, 5.74) is 1.87. The van der Waals surface area contributed by atoms with Gasteiger partial charge in [0.05, 0.1) is 4.91 Å². The van der Waals surface area contributed by atoms with Gasteiger partial charge in [0.25, 0.3) is 0 Å². The molecule has 0 aromatic carbocycles. The van der Waals surface area contributed by atoms with Gasteiger partial charge < -0.3 is 0 Å². The summed E-state index contributed by atoms with van der Waals surface area (Å²) in [6, 6.07) is -0.0810. The monoisotopic (exact) mass is 199 g/mol. The van der Waals surface area contributed by atoms with E-state index in [-0.39, 0.29) is 10.9 Å². The Balaban J connectivity index is 3.40. The Morgan fingerprint density at radius 1 is 1.54 bits per heavy atom. The lowest BCUT2D eigenvalue weighted by atomic mass is 10.0. The zero-order valence-electron chi connectivity index (χ0n) is 8.46. The third-order valence-corrected chi connectivity index (χ3v) is 4.41. The minimum atomic E-state index is -3.27. The van der Waals surface area contributed by atoms with Crippen LogP contribution in [0.1, 0.15) is 20.8 Å². The van der Waals surface area contributed by atoms with Gasteiger partial charge in [0.15, 0.2) is 0 Å². The molecule has 3 nitrogen and oxygen atoms in total. The van der Waals surface area contributed by atoms with E-state index in [9.17, 15) is 8.42 Å². The van der Waals surface area contributed by atoms with Gasteiger partial charge in [-0.15, -0.1) is 0 Å². The molecule has 0 spiro atoms. The van der Waals surface area contributed by atoms with Crippen LogP contribution in [0.2, 0.25) is 0 Å². The number of hydrogen-bond donors (Lipinski definition) is 0. The van der Waals surface area contributed by atoms with Crippen molar-refractivity contribution in [1.82, 2.24) is 4.22 Å². The summed E-state index contributed by atoms with van der Waals surface area (Å²) in [6.07, 6.45) is 0. The predicted molar refractivity (Wildman–Crippen MR) is 56.3 cm³/mol. The van der Waals surface area contributed by atoms with Gasteiger partial charge in [0, 0.05) is 6.04 Å². The van der Waals surface area contributed by atoms with E-state index >= 15 is 0 Å². The number of allylic oxidation sites excluding steroid dienone is 1. The summed E-state index contributed by atoms with van der Waals surface area (Å²) in [7, 11) is -1.68. The molecule has 1 atom stereocenters. The van der Waals surface area contributed by atoms with Crippen LogP contribution in [0.4, 0.5) is 0 Å². The molecule has 1 saturated heterocycles. The summed E-state index contributed by atoms with van der Waals surface area (Å²) < 4.78 is 24.6. The van der Waals surface area contributed by atoms with Crippen LogP contribution in [-0.2, 0) is 10.0 Å². The van der Waals surface area contributed by atoms with Crippen LogP contribution in [0.3, 0.4) is 0 Å². The molecule has 0 saturated carbocycles. The lowest BCUT2D eigenvalue weighted by molar-refractivity contribution is 0.532. The minimum Gasteiger partial charge on any atom is -0.240 e. The van der Waals surface area contributed by atoms with Crippen LogP contribution in [0, 0.1) is 0 Å². The minimum absolute atomic E-state index is 0.0810. The first kappa shape index (κ1) is 10.5. The van der Waals surface area contributed by atoms with Crippen LogP contribution >= 0.6 is 0 Å². The highest BCUT2D eigenvalue weighted by atomic mass is 32.2. The summed E-state index contributed by atoms with van der Waals surface area (Å²) in [6.45, 7) is 9.31. The van der Waals surface area contributed by atoms with E-state index in [1.165, 1.54) is 4.22 Å². The highest BCUT2D eigenvalue weighted by molar-refractivity contribution is 7.94. The first-order chi connectivity index (χ1) is 5.80. The molecule has 1 rings (SSSR count). The largest absolute Gasteiger partial charge is 0.240 e. The average molecular weight is 199 g/mol. The van der Waals surface area contributed by atoms with Crippen molar-refractivity contribution < 1.29 is 8.42 Å². The molecule has 72 valence electrons. The molecule has 13 heavy (non-hydrogen) atoms. The third-order valence-electron chi connectivity index (χ3n) is 2.49. The molecule has 0 aliphatic carbocycles. The SMILES string of the molecule is BN1C(C)C(=C(C)C)C(=C)S1(=O)=O. The molecule has 1 fully saturated rings. The Labute approximate surface area is 80.6 Å². The van der Waals surface area contributed by atoms with E-state index in [0.29, 0.717) is 0 Å². The second-order valence-electron chi connectivity index (χ2n) is 3.53. The van der Waals surface area contributed by atoms with Crippen molar-refractivity contribution in [1.29, 1.82) is 0 Å². The van der Waals surface area contributed by atoms with Crippen molar-refractivity contribution in [3.05, 3.63) is 22.6 Å². The fourth-order valence-corrected chi connectivity index (χ4v) is 3.15. The maximum Gasteiger partial charge on any atom is 0.232 e. The Kier molecular flexibility index (Phi) is 2.43. The highest BCUT2D eigenvalue weighted by Crippen LogP contribution is 2.34. The van der Waals surface area contributed by atoms with Crippen molar-refractivity contribution in [2.45, 2.75) is 26.8 Å². The van der Waals surface area contributed by atoms with Crippen molar-refractivity contribution in [3.8, 4) is 0 Å². The second-order valence-corrected chi connectivity index (χ2v) is 5.55. The molecular formula is C8H14BNO2S. The summed E-state index contributed by atoms with van der Waals surface area (Å²) in [5, 5.41) is 0. The van der Waals surface area contributed by atoms with E-state index in [1.54, 1.807) is 7.98 Å². The van der Waals surface area contributed by atoms with Crippen LogP contribution in [0.5, 0.6) is 0 Å². The zero-order chi connectivity index (χ0) is 10.4. The summed E-state index contributed by atoms with van der Waals surface area (Å²) >= 11 is 0. The van der Waals surface area contributed by atoms with E-state index in [2.05, 4.69) is 6.58 Å². The summed E-state index contributed by atoms with van der Waals surface area (Å²) in [5.74, 6) is 0. The Bertz CT molecular complexity index is 379. The number of sulfonamides is 1. The van der Waals surface area contributed by atoms with Gasteiger partial charge in [-0.25, -0.2) is 12.6 Å². The molecule has 0 bridgehead atoms. The molecule has 0 N–H and O–H groups in total. The van der Waals surface area contributed by atoms with Crippen LogP contribution in [-0.4, -0.2) is 26.7 Å². The molecule has 0 aromatic heterocycles. The van der Waals surface area contributed by atoms with Gasteiger partial charge in [-0.3, -0.25) is 0 Å². The van der Waals surface area contributed by atoms with Crippen molar-refractivity contribution in [2.24, 2.45) is 0 Å². The lowest BCUT2D eigenvalue weighted by Crippen LogP contribution is -2.28.